The largest absolute Gasteiger partial charge is 0.337 e. The summed E-state index contributed by atoms with van der Waals surface area (Å²) < 4.78 is 0. The van der Waals surface area contributed by atoms with Crippen LogP contribution < -0.4 is 0 Å². The molecule has 0 unspecified atom stereocenters. The highest BCUT2D eigenvalue weighted by atomic mass is 35.5. The van der Waals surface area contributed by atoms with Crippen LogP contribution in [0.25, 0.3) is 22.6 Å². The van der Waals surface area contributed by atoms with Crippen LogP contribution in [0.3, 0.4) is 0 Å². The molecule has 0 fully saturated rings. The van der Waals surface area contributed by atoms with E-state index in [0.717, 1.165) is 35.2 Å². The fraction of sp³-hybridized carbons (Fsp3) is 0.350. The van der Waals surface area contributed by atoms with Gasteiger partial charge in [0.05, 0.1) is 10.5 Å². The van der Waals surface area contributed by atoms with Gasteiger partial charge in [0.2, 0.25) is 0 Å². The summed E-state index contributed by atoms with van der Waals surface area (Å²) in [6, 6.07) is 7.67. The van der Waals surface area contributed by atoms with E-state index in [-0.39, 0.29) is 5.78 Å². The lowest BCUT2D eigenvalue weighted by molar-refractivity contribution is -0.118. The first kappa shape index (κ1) is 18.5. The van der Waals surface area contributed by atoms with E-state index in [4.69, 9.17) is 11.6 Å². The number of nitrogens with zero attached hydrogens (tertiary/aromatic N) is 3. The Hall–Kier alpha value is -2.24. The standard InChI is InChI=1S/C20H23ClN4O/c1-13-9-18-20(22-12-13)24-19(23-18)16-11-14(6-7-17(16)21)10-15(26)5-4-8-25(2)3/h6-7,9,11-12H,4-5,8,10H2,1-3H3,(H,22,23,24). The maximum Gasteiger partial charge on any atom is 0.178 e. The molecule has 1 aromatic carbocycles. The first-order chi connectivity index (χ1) is 12.4. The average molecular weight is 371 g/mol. The number of H-pyrrole nitrogens is 1. The second-order valence-corrected chi connectivity index (χ2v) is 7.31. The lowest BCUT2D eigenvalue weighted by Crippen LogP contribution is -2.14. The predicted octanol–water partition coefficient (Wildman–Crippen LogP) is 4.04. The van der Waals surface area contributed by atoms with Gasteiger partial charge in [0.15, 0.2) is 5.65 Å². The number of hydrogen-bond donors (Lipinski definition) is 1. The van der Waals surface area contributed by atoms with Crippen molar-refractivity contribution in [2.24, 2.45) is 0 Å². The van der Waals surface area contributed by atoms with E-state index in [2.05, 4.69) is 19.9 Å². The van der Waals surface area contributed by atoms with E-state index in [1.54, 1.807) is 6.20 Å². The van der Waals surface area contributed by atoms with Gasteiger partial charge in [0.1, 0.15) is 11.6 Å². The normalized spacial score (nSPS) is 11.4. The molecule has 0 atom stereocenters. The van der Waals surface area contributed by atoms with Gasteiger partial charge in [-0.15, -0.1) is 0 Å². The van der Waals surface area contributed by atoms with Crippen molar-refractivity contribution in [3.63, 3.8) is 0 Å². The van der Waals surface area contributed by atoms with Crippen molar-refractivity contribution < 1.29 is 4.79 Å². The van der Waals surface area contributed by atoms with Gasteiger partial charge in [-0.05, 0) is 63.3 Å². The molecular weight excluding hydrogens is 348 g/mol. The van der Waals surface area contributed by atoms with Gasteiger partial charge in [-0.1, -0.05) is 17.7 Å². The van der Waals surface area contributed by atoms with Gasteiger partial charge < -0.3 is 9.88 Å². The Balaban J connectivity index is 1.79. The molecular formula is C20H23ClN4O. The van der Waals surface area contributed by atoms with Crippen molar-refractivity contribution in [1.82, 2.24) is 19.9 Å². The number of pyridine rings is 1. The summed E-state index contributed by atoms with van der Waals surface area (Å²) >= 11 is 6.37. The zero-order valence-corrected chi connectivity index (χ0v) is 16.1. The highest BCUT2D eigenvalue weighted by Gasteiger charge is 2.12. The topological polar surface area (TPSA) is 61.9 Å². The number of rotatable bonds is 7. The second-order valence-electron chi connectivity index (χ2n) is 6.91. The van der Waals surface area contributed by atoms with Gasteiger partial charge >= 0.3 is 0 Å². The number of aryl methyl sites for hydroxylation is 1. The molecule has 1 N–H and O–H groups in total. The van der Waals surface area contributed by atoms with Crippen molar-refractivity contribution >= 4 is 28.5 Å². The van der Waals surface area contributed by atoms with E-state index < -0.39 is 0 Å². The minimum Gasteiger partial charge on any atom is -0.337 e. The highest BCUT2D eigenvalue weighted by Crippen LogP contribution is 2.28. The first-order valence-electron chi connectivity index (χ1n) is 8.70. The van der Waals surface area contributed by atoms with Crippen LogP contribution >= 0.6 is 11.6 Å². The van der Waals surface area contributed by atoms with Crippen LogP contribution in [0.15, 0.2) is 30.5 Å². The van der Waals surface area contributed by atoms with Gasteiger partial charge in [-0.25, -0.2) is 9.97 Å². The fourth-order valence-electron chi connectivity index (χ4n) is 2.90. The minimum absolute atomic E-state index is 0.238. The number of aromatic nitrogens is 3. The molecule has 26 heavy (non-hydrogen) atoms. The van der Waals surface area contributed by atoms with Crippen molar-refractivity contribution in [3.8, 4) is 11.4 Å². The molecule has 6 heteroatoms. The maximum atomic E-state index is 12.2. The number of fused-ring (bicyclic) bond motifs is 1. The number of ketones is 1. The Bertz CT molecular complexity index is 933. The van der Waals surface area contributed by atoms with Gasteiger partial charge in [-0.2, -0.15) is 0 Å². The third-order valence-electron chi connectivity index (χ3n) is 4.22. The van der Waals surface area contributed by atoms with Crippen LogP contribution in [0, 0.1) is 6.92 Å². The summed E-state index contributed by atoms with van der Waals surface area (Å²) in [6.45, 7) is 2.91. The van der Waals surface area contributed by atoms with E-state index in [1.807, 2.05) is 45.3 Å². The van der Waals surface area contributed by atoms with Crippen LogP contribution in [0.4, 0.5) is 0 Å². The van der Waals surface area contributed by atoms with Crippen LogP contribution in [-0.2, 0) is 11.2 Å². The van der Waals surface area contributed by atoms with Crippen LogP contribution in [0.1, 0.15) is 24.0 Å². The van der Waals surface area contributed by atoms with E-state index in [1.165, 1.54) is 0 Å². The number of carbonyl (C=O) groups is 1. The third kappa shape index (κ3) is 4.48. The SMILES string of the molecule is Cc1cnc2nc(-c3cc(CC(=O)CCCN(C)C)ccc3Cl)[nH]c2c1. The number of benzene rings is 1. The Morgan fingerprint density at radius 3 is 2.85 bits per heavy atom. The predicted molar refractivity (Wildman–Crippen MR) is 106 cm³/mol. The number of hydrogen-bond acceptors (Lipinski definition) is 4. The number of imidazole rings is 1. The number of Topliss-reactive ketones (excluding diaryl/α,β-unsaturated/α-hetero) is 1. The average Bonchev–Trinajstić information content (AvgIpc) is 2.99. The Labute approximate surface area is 158 Å². The number of halogens is 1. The Morgan fingerprint density at radius 1 is 1.27 bits per heavy atom. The summed E-state index contributed by atoms with van der Waals surface area (Å²) in [5, 5.41) is 0.601. The molecule has 3 rings (SSSR count). The van der Waals surface area contributed by atoms with Crippen LogP contribution in [-0.4, -0.2) is 46.3 Å². The summed E-state index contributed by atoms with van der Waals surface area (Å²) in [7, 11) is 4.03. The quantitative estimate of drug-likeness (QED) is 0.681. The minimum atomic E-state index is 0.238. The van der Waals surface area contributed by atoms with Gasteiger partial charge in [0, 0.05) is 24.6 Å². The molecule has 0 radical (unpaired) electrons. The molecule has 0 bridgehead atoms. The molecule has 3 aromatic rings. The molecule has 2 aromatic heterocycles. The molecule has 0 saturated heterocycles. The summed E-state index contributed by atoms with van der Waals surface area (Å²) in [5.74, 6) is 0.909. The summed E-state index contributed by atoms with van der Waals surface area (Å²) in [5.41, 5.74) is 4.34. The van der Waals surface area contributed by atoms with Crippen molar-refractivity contribution in [2.75, 3.05) is 20.6 Å². The van der Waals surface area contributed by atoms with E-state index in [9.17, 15) is 4.79 Å². The first-order valence-corrected chi connectivity index (χ1v) is 9.08. The molecule has 0 spiro atoms. The third-order valence-corrected chi connectivity index (χ3v) is 4.55. The smallest absolute Gasteiger partial charge is 0.178 e. The fourth-order valence-corrected chi connectivity index (χ4v) is 3.11. The molecule has 5 nitrogen and oxygen atoms in total. The molecule has 0 aliphatic heterocycles. The zero-order valence-electron chi connectivity index (χ0n) is 15.3. The summed E-state index contributed by atoms with van der Waals surface area (Å²) in [6.07, 6.45) is 3.66. The van der Waals surface area contributed by atoms with E-state index in [0.29, 0.717) is 29.3 Å². The van der Waals surface area contributed by atoms with Crippen LogP contribution in [0.5, 0.6) is 0 Å². The van der Waals surface area contributed by atoms with Crippen molar-refractivity contribution in [3.05, 3.63) is 46.6 Å². The lowest BCUT2D eigenvalue weighted by Gasteiger charge is -2.09. The monoisotopic (exact) mass is 370 g/mol. The maximum absolute atomic E-state index is 12.2. The van der Waals surface area contributed by atoms with Crippen molar-refractivity contribution in [1.29, 1.82) is 0 Å². The zero-order chi connectivity index (χ0) is 18.7. The van der Waals surface area contributed by atoms with Crippen molar-refractivity contribution in [2.45, 2.75) is 26.2 Å². The molecule has 0 amide bonds. The molecule has 136 valence electrons. The van der Waals surface area contributed by atoms with E-state index >= 15 is 0 Å². The van der Waals surface area contributed by atoms with Gasteiger partial charge in [0.25, 0.3) is 0 Å². The van der Waals surface area contributed by atoms with Gasteiger partial charge in [-0.3, -0.25) is 4.79 Å². The molecule has 2 heterocycles. The summed E-state index contributed by atoms with van der Waals surface area (Å²) in [4.78, 5) is 26.4. The second kappa shape index (κ2) is 7.98. The highest BCUT2D eigenvalue weighted by molar-refractivity contribution is 6.33. The lowest BCUT2D eigenvalue weighted by atomic mass is 10.0. The number of aromatic amines is 1. The molecule has 0 saturated carbocycles. The number of carbonyl (C=O) groups excluding carboxylic acids is 1. The Morgan fingerprint density at radius 2 is 2.08 bits per heavy atom. The molecule has 0 aliphatic carbocycles. The number of nitrogens with one attached hydrogen (secondary N) is 1. The Kier molecular flexibility index (Phi) is 5.69. The molecule has 0 aliphatic rings. The van der Waals surface area contributed by atoms with Crippen LogP contribution in [0.2, 0.25) is 5.02 Å².